The summed E-state index contributed by atoms with van der Waals surface area (Å²) < 4.78 is -2.07. The Hall–Kier alpha value is -1.04. The Morgan fingerprint density at radius 3 is 2.40 bits per heavy atom. The largest absolute Gasteiger partial charge is 0.358 e. The molecule has 25 heavy (non-hydrogen) atoms. The molecule has 0 unspecified atom stereocenters. The predicted octanol–water partition coefficient (Wildman–Crippen LogP) is 4.71. The van der Waals surface area contributed by atoms with Crippen molar-refractivity contribution in [3.8, 4) is 0 Å². The highest BCUT2D eigenvalue weighted by molar-refractivity contribution is 6.77. The van der Waals surface area contributed by atoms with Crippen molar-refractivity contribution in [2.75, 3.05) is 14.1 Å². The highest BCUT2D eigenvalue weighted by Gasteiger charge is 2.33. The molecule has 2 aromatic rings. The Morgan fingerprint density at radius 2 is 1.84 bits per heavy atom. The average Bonchev–Trinajstić information content (AvgIpc) is 2.97. The van der Waals surface area contributed by atoms with E-state index < -0.39 is 9.58 Å². The number of nitrogens with zero attached hydrogens (tertiary/aromatic N) is 1. The van der Waals surface area contributed by atoms with Crippen molar-refractivity contribution >= 4 is 58.0 Å². The predicted molar refractivity (Wildman–Crippen MR) is 102 cm³/mol. The minimum atomic E-state index is -2.07. The Labute approximate surface area is 166 Å². The molecule has 0 atom stereocenters. The summed E-state index contributed by atoms with van der Waals surface area (Å²) in [6, 6.07) is 6.93. The fourth-order valence-electron chi connectivity index (χ4n) is 2.30. The van der Waals surface area contributed by atoms with Crippen LogP contribution in [0.15, 0.2) is 30.5 Å². The maximum Gasteiger partial charge on any atom is 0.254 e. The number of aromatic amines is 1. The van der Waals surface area contributed by atoms with E-state index in [9.17, 15) is 9.59 Å². The van der Waals surface area contributed by atoms with Gasteiger partial charge in [-0.3, -0.25) is 9.59 Å². The molecule has 1 aromatic heterocycles. The van der Waals surface area contributed by atoms with Crippen molar-refractivity contribution in [2.24, 2.45) is 0 Å². The van der Waals surface area contributed by atoms with Gasteiger partial charge in [0.05, 0.1) is 5.69 Å². The number of rotatable bonds is 6. The van der Waals surface area contributed by atoms with Crippen LogP contribution in [0.2, 0.25) is 5.02 Å². The van der Waals surface area contributed by atoms with Crippen LogP contribution in [0.4, 0.5) is 0 Å². The second kappa shape index (κ2) is 8.11. The number of nitrogens with one attached hydrogen (secondary N) is 1. The van der Waals surface area contributed by atoms with Gasteiger partial charge in [-0.05, 0) is 37.4 Å². The lowest BCUT2D eigenvalue weighted by atomic mass is 10.0. The molecule has 0 bridgehead atoms. The molecule has 1 N–H and O–H groups in total. The summed E-state index contributed by atoms with van der Waals surface area (Å²) in [5.74, 6) is -0.885. The van der Waals surface area contributed by atoms with Gasteiger partial charge in [0, 0.05) is 29.7 Å². The van der Waals surface area contributed by atoms with Crippen molar-refractivity contribution in [3.63, 3.8) is 0 Å². The van der Waals surface area contributed by atoms with Crippen LogP contribution >= 0.6 is 46.4 Å². The lowest BCUT2D eigenvalue weighted by Crippen LogP contribution is -2.19. The molecule has 0 spiro atoms. The van der Waals surface area contributed by atoms with Crippen molar-refractivity contribution in [1.82, 2.24) is 9.88 Å². The van der Waals surface area contributed by atoms with E-state index in [4.69, 9.17) is 46.4 Å². The van der Waals surface area contributed by atoms with E-state index in [1.807, 2.05) is 31.1 Å². The fourth-order valence-corrected chi connectivity index (χ4v) is 2.86. The first kappa shape index (κ1) is 20.3. The summed E-state index contributed by atoms with van der Waals surface area (Å²) in [5, 5.41) is 0.611. The lowest BCUT2D eigenvalue weighted by Gasteiger charge is -2.12. The van der Waals surface area contributed by atoms with E-state index in [1.54, 1.807) is 6.07 Å². The van der Waals surface area contributed by atoms with Crippen molar-refractivity contribution in [3.05, 3.63) is 57.9 Å². The molecule has 4 nitrogen and oxygen atoms in total. The van der Waals surface area contributed by atoms with Crippen LogP contribution in [0.5, 0.6) is 0 Å². The molecule has 8 heteroatoms. The van der Waals surface area contributed by atoms with Gasteiger partial charge in [0.2, 0.25) is 5.78 Å². The number of carbonyl (C=O) groups is 2. The van der Waals surface area contributed by atoms with E-state index in [0.29, 0.717) is 17.1 Å². The molecular formula is C17H16Cl4N2O2. The fraction of sp³-hybridized carbons (Fsp3) is 0.294. The molecule has 0 aliphatic heterocycles. The minimum absolute atomic E-state index is 0.0720. The van der Waals surface area contributed by atoms with Crippen LogP contribution in [0.25, 0.3) is 0 Å². The first-order valence-electron chi connectivity index (χ1n) is 7.33. The summed E-state index contributed by atoms with van der Waals surface area (Å²) in [6.45, 7) is 0.716. The number of benzene rings is 1. The van der Waals surface area contributed by atoms with E-state index in [2.05, 4.69) is 4.98 Å². The smallest absolute Gasteiger partial charge is 0.254 e. The molecule has 1 heterocycles. The van der Waals surface area contributed by atoms with E-state index in [0.717, 1.165) is 11.1 Å². The third kappa shape index (κ3) is 5.47. The van der Waals surface area contributed by atoms with Gasteiger partial charge in [-0.1, -0.05) is 58.5 Å². The van der Waals surface area contributed by atoms with Crippen LogP contribution in [-0.4, -0.2) is 39.3 Å². The monoisotopic (exact) mass is 420 g/mol. The first-order chi connectivity index (χ1) is 11.6. The number of hydrogen-bond donors (Lipinski definition) is 1. The van der Waals surface area contributed by atoms with Gasteiger partial charge in [0.15, 0.2) is 5.78 Å². The number of hydrogen-bond acceptors (Lipinski definition) is 3. The maximum absolute atomic E-state index is 12.4. The summed E-state index contributed by atoms with van der Waals surface area (Å²) in [5.41, 5.74) is 2.18. The zero-order chi connectivity index (χ0) is 18.8. The minimum Gasteiger partial charge on any atom is -0.358 e. The maximum atomic E-state index is 12.4. The Bertz CT molecular complexity index is 794. The standard InChI is InChI=1S/C17H16Cl4N2O2/c1-23(2)9-11-4-3-10(5-13(11)18)6-15(24)12-7-14(22-8-12)16(25)17(19,20)21/h3-5,7-8,22H,6,9H2,1-2H3. The topological polar surface area (TPSA) is 53.2 Å². The van der Waals surface area contributed by atoms with E-state index in [1.165, 1.54) is 12.3 Å². The van der Waals surface area contributed by atoms with E-state index in [-0.39, 0.29) is 17.9 Å². The molecule has 0 radical (unpaired) electrons. The summed E-state index contributed by atoms with van der Waals surface area (Å²) in [7, 11) is 3.91. The molecule has 0 aliphatic rings. The summed E-state index contributed by atoms with van der Waals surface area (Å²) in [4.78, 5) is 28.9. The van der Waals surface area contributed by atoms with Gasteiger partial charge in [-0.15, -0.1) is 0 Å². The van der Waals surface area contributed by atoms with Crippen molar-refractivity contribution < 1.29 is 9.59 Å². The van der Waals surface area contributed by atoms with Crippen LogP contribution in [0, 0.1) is 0 Å². The molecule has 0 fully saturated rings. The number of ketones is 2. The number of halogens is 4. The van der Waals surface area contributed by atoms with Gasteiger partial charge < -0.3 is 9.88 Å². The van der Waals surface area contributed by atoms with Gasteiger partial charge in [0.1, 0.15) is 0 Å². The number of alkyl halides is 3. The third-order valence-corrected chi connectivity index (χ3v) is 4.34. The Morgan fingerprint density at radius 1 is 1.16 bits per heavy atom. The highest BCUT2D eigenvalue weighted by atomic mass is 35.6. The van der Waals surface area contributed by atoms with Gasteiger partial charge in [-0.2, -0.15) is 0 Å². The van der Waals surface area contributed by atoms with Crippen molar-refractivity contribution in [2.45, 2.75) is 16.8 Å². The van der Waals surface area contributed by atoms with Crippen LogP contribution < -0.4 is 0 Å². The zero-order valence-corrected chi connectivity index (χ0v) is 16.6. The normalized spacial score (nSPS) is 11.8. The number of aromatic nitrogens is 1. The number of Topliss-reactive ketones (excluding diaryl/α,β-unsaturated/α-hetero) is 2. The number of H-pyrrole nitrogens is 1. The molecule has 0 saturated heterocycles. The molecular weight excluding hydrogens is 406 g/mol. The highest BCUT2D eigenvalue weighted by Crippen LogP contribution is 2.30. The Balaban J connectivity index is 2.11. The van der Waals surface area contributed by atoms with Gasteiger partial charge in [0.25, 0.3) is 3.79 Å². The number of carbonyl (C=O) groups excluding carboxylic acids is 2. The third-order valence-electron chi connectivity index (χ3n) is 3.48. The second-order valence-electron chi connectivity index (χ2n) is 5.89. The van der Waals surface area contributed by atoms with Gasteiger partial charge in [-0.25, -0.2) is 0 Å². The van der Waals surface area contributed by atoms with E-state index >= 15 is 0 Å². The van der Waals surface area contributed by atoms with Crippen LogP contribution in [0.1, 0.15) is 32.0 Å². The molecule has 0 aliphatic carbocycles. The molecule has 2 rings (SSSR count). The quantitative estimate of drug-likeness (QED) is 0.542. The Kier molecular flexibility index (Phi) is 6.57. The second-order valence-corrected chi connectivity index (χ2v) is 8.58. The summed E-state index contributed by atoms with van der Waals surface area (Å²) in [6.07, 6.45) is 1.58. The first-order valence-corrected chi connectivity index (χ1v) is 8.84. The summed E-state index contributed by atoms with van der Waals surface area (Å²) >= 11 is 23.0. The van der Waals surface area contributed by atoms with Crippen LogP contribution in [-0.2, 0) is 13.0 Å². The van der Waals surface area contributed by atoms with Gasteiger partial charge >= 0.3 is 0 Å². The van der Waals surface area contributed by atoms with Crippen molar-refractivity contribution in [1.29, 1.82) is 0 Å². The molecule has 0 amide bonds. The molecule has 1 aromatic carbocycles. The average molecular weight is 422 g/mol. The SMILES string of the molecule is CN(C)Cc1ccc(CC(=O)c2c[nH]c(C(=O)C(Cl)(Cl)Cl)c2)cc1Cl. The molecule has 134 valence electrons. The lowest BCUT2D eigenvalue weighted by molar-refractivity contribution is 0.0988. The van der Waals surface area contributed by atoms with Crippen LogP contribution in [0.3, 0.4) is 0 Å². The molecule has 0 saturated carbocycles. The zero-order valence-electron chi connectivity index (χ0n) is 13.6.